The lowest BCUT2D eigenvalue weighted by Crippen LogP contribution is -2.18. The van der Waals surface area contributed by atoms with Crippen LogP contribution in [0.1, 0.15) is 35.6 Å². The molecular weight excluding hydrogens is 245 g/mol. The van der Waals surface area contributed by atoms with Gasteiger partial charge in [0.25, 0.3) is 0 Å². The minimum atomic E-state index is -0.349. The Morgan fingerprint density at radius 3 is 2.68 bits per heavy atom. The van der Waals surface area contributed by atoms with Crippen LogP contribution in [-0.4, -0.2) is 5.11 Å². The van der Waals surface area contributed by atoms with Crippen LogP contribution in [-0.2, 0) is 6.54 Å². The van der Waals surface area contributed by atoms with Crippen molar-refractivity contribution in [3.63, 3.8) is 0 Å². The Morgan fingerprint density at radius 1 is 1.32 bits per heavy atom. The van der Waals surface area contributed by atoms with E-state index in [1.807, 2.05) is 26.8 Å². The van der Waals surface area contributed by atoms with Crippen LogP contribution in [0.4, 0.5) is 4.39 Å². The highest BCUT2D eigenvalue weighted by Gasteiger charge is 2.13. The van der Waals surface area contributed by atoms with Crippen molar-refractivity contribution < 1.29 is 13.9 Å². The molecule has 0 aliphatic heterocycles. The van der Waals surface area contributed by atoms with E-state index in [0.717, 1.165) is 17.1 Å². The second kappa shape index (κ2) is 5.45. The first-order chi connectivity index (χ1) is 8.97. The van der Waals surface area contributed by atoms with Crippen LogP contribution < -0.4 is 5.32 Å². The number of phenolic OH excluding ortho intramolecular Hbond substituents is 1. The third-order valence-electron chi connectivity index (χ3n) is 3.19. The van der Waals surface area contributed by atoms with Crippen LogP contribution in [0.3, 0.4) is 0 Å². The molecule has 3 nitrogen and oxygen atoms in total. The average Bonchev–Trinajstić information content (AvgIpc) is 2.69. The summed E-state index contributed by atoms with van der Waals surface area (Å²) in [6.45, 7) is 6.23. The zero-order chi connectivity index (χ0) is 14.0. The van der Waals surface area contributed by atoms with Gasteiger partial charge in [-0.3, -0.25) is 0 Å². The normalized spacial score (nSPS) is 12.6. The monoisotopic (exact) mass is 263 g/mol. The van der Waals surface area contributed by atoms with Gasteiger partial charge in [0.05, 0.1) is 0 Å². The molecule has 0 bridgehead atoms. The van der Waals surface area contributed by atoms with Gasteiger partial charge in [-0.25, -0.2) is 4.39 Å². The van der Waals surface area contributed by atoms with Gasteiger partial charge >= 0.3 is 0 Å². The molecule has 1 aromatic carbocycles. The summed E-state index contributed by atoms with van der Waals surface area (Å²) < 4.78 is 18.6. The maximum Gasteiger partial charge on any atom is 0.123 e. The molecule has 0 saturated heterocycles. The van der Waals surface area contributed by atoms with Gasteiger partial charge < -0.3 is 14.8 Å². The van der Waals surface area contributed by atoms with Gasteiger partial charge in [-0.15, -0.1) is 0 Å². The van der Waals surface area contributed by atoms with E-state index in [9.17, 15) is 9.50 Å². The van der Waals surface area contributed by atoms with Crippen LogP contribution in [0.25, 0.3) is 0 Å². The Morgan fingerprint density at radius 2 is 2.05 bits per heavy atom. The first-order valence-electron chi connectivity index (χ1n) is 6.25. The summed E-state index contributed by atoms with van der Waals surface area (Å²) in [7, 11) is 0. The topological polar surface area (TPSA) is 45.4 Å². The fraction of sp³-hybridized carbons (Fsp3) is 0.333. The molecule has 0 aliphatic rings. The molecule has 1 unspecified atom stereocenters. The van der Waals surface area contributed by atoms with Crippen molar-refractivity contribution in [3.8, 4) is 5.75 Å². The van der Waals surface area contributed by atoms with Gasteiger partial charge in [0.15, 0.2) is 0 Å². The molecule has 0 saturated carbocycles. The Labute approximate surface area is 112 Å². The van der Waals surface area contributed by atoms with Crippen LogP contribution in [0.2, 0.25) is 0 Å². The van der Waals surface area contributed by atoms with Crippen LogP contribution in [0.15, 0.2) is 28.7 Å². The summed E-state index contributed by atoms with van der Waals surface area (Å²) in [5.41, 5.74) is 1.62. The van der Waals surface area contributed by atoms with Gasteiger partial charge in [-0.05, 0) is 45.0 Å². The fourth-order valence-corrected chi connectivity index (χ4v) is 2.15. The summed E-state index contributed by atoms with van der Waals surface area (Å²) in [6.07, 6.45) is 0. The summed E-state index contributed by atoms with van der Waals surface area (Å²) in [4.78, 5) is 0. The van der Waals surface area contributed by atoms with Crippen LogP contribution >= 0.6 is 0 Å². The summed E-state index contributed by atoms with van der Waals surface area (Å²) in [5.74, 6) is 1.49. The zero-order valence-corrected chi connectivity index (χ0v) is 11.3. The first kappa shape index (κ1) is 13.6. The Bertz CT molecular complexity index is 578. The third kappa shape index (κ3) is 3.15. The van der Waals surface area contributed by atoms with E-state index in [0.29, 0.717) is 12.1 Å². The van der Waals surface area contributed by atoms with E-state index in [1.165, 1.54) is 18.2 Å². The van der Waals surface area contributed by atoms with Gasteiger partial charge in [0, 0.05) is 23.7 Å². The lowest BCUT2D eigenvalue weighted by molar-refractivity contribution is 0.455. The number of aryl methyl sites for hydroxylation is 2. The Hall–Kier alpha value is -1.81. The molecule has 0 spiro atoms. The lowest BCUT2D eigenvalue weighted by Gasteiger charge is -2.14. The lowest BCUT2D eigenvalue weighted by atomic mass is 10.1. The van der Waals surface area contributed by atoms with Crippen molar-refractivity contribution in [2.75, 3.05) is 0 Å². The molecule has 0 aliphatic carbocycles. The largest absolute Gasteiger partial charge is 0.508 e. The van der Waals surface area contributed by atoms with E-state index in [-0.39, 0.29) is 17.6 Å². The van der Waals surface area contributed by atoms with Gasteiger partial charge in [0.1, 0.15) is 23.1 Å². The van der Waals surface area contributed by atoms with Crippen LogP contribution in [0.5, 0.6) is 5.75 Å². The number of aromatic hydroxyl groups is 1. The van der Waals surface area contributed by atoms with Crippen LogP contribution in [0, 0.1) is 19.7 Å². The van der Waals surface area contributed by atoms with E-state index in [1.54, 1.807) is 0 Å². The molecule has 19 heavy (non-hydrogen) atoms. The standard InChI is InChI=1S/C15H18FNO2/c1-9-6-14(11(3)19-9)10(2)17-8-12-7-13(16)4-5-15(12)18/h4-7,10,17-18H,8H2,1-3H3. The van der Waals surface area contributed by atoms with Crippen molar-refractivity contribution in [1.82, 2.24) is 5.32 Å². The predicted octanol–water partition coefficient (Wildman–Crippen LogP) is 3.59. The number of phenols is 1. The zero-order valence-electron chi connectivity index (χ0n) is 11.3. The number of furan rings is 1. The molecule has 4 heteroatoms. The first-order valence-corrected chi connectivity index (χ1v) is 6.25. The highest BCUT2D eigenvalue weighted by atomic mass is 19.1. The second-order valence-electron chi connectivity index (χ2n) is 4.74. The number of halogens is 1. The average molecular weight is 263 g/mol. The molecule has 2 N–H and O–H groups in total. The molecular formula is C15H18FNO2. The summed E-state index contributed by atoms with van der Waals surface area (Å²) in [6, 6.07) is 6.00. The van der Waals surface area contributed by atoms with Gasteiger partial charge in [-0.2, -0.15) is 0 Å². The maximum absolute atomic E-state index is 13.1. The highest BCUT2D eigenvalue weighted by molar-refractivity contribution is 5.32. The summed E-state index contributed by atoms with van der Waals surface area (Å²) in [5, 5.41) is 12.9. The smallest absolute Gasteiger partial charge is 0.123 e. The number of nitrogens with one attached hydrogen (secondary N) is 1. The number of benzene rings is 1. The molecule has 1 atom stereocenters. The third-order valence-corrected chi connectivity index (χ3v) is 3.19. The SMILES string of the molecule is Cc1cc(C(C)NCc2cc(F)ccc2O)c(C)o1. The minimum Gasteiger partial charge on any atom is -0.508 e. The van der Waals surface area contributed by atoms with Gasteiger partial charge in [0.2, 0.25) is 0 Å². The molecule has 0 fully saturated rings. The quantitative estimate of drug-likeness (QED) is 0.886. The van der Waals surface area contributed by atoms with Crippen molar-refractivity contribution in [3.05, 3.63) is 52.7 Å². The highest BCUT2D eigenvalue weighted by Crippen LogP contribution is 2.23. The molecule has 2 rings (SSSR count). The maximum atomic E-state index is 13.1. The number of hydrogen-bond acceptors (Lipinski definition) is 3. The molecule has 1 heterocycles. The Kier molecular flexibility index (Phi) is 3.90. The number of rotatable bonds is 4. The van der Waals surface area contributed by atoms with Crippen molar-refractivity contribution in [2.24, 2.45) is 0 Å². The minimum absolute atomic E-state index is 0.0696. The predicted molar refractivity (Wildman–Crippen MR) is 71.5 cm³/mol. The molecule has 102 valence electrons. The second-order valence-corrected chi connectivity index (χ2v) is 4.74. The fourth-order valence-electron chi connectivity index (χ4n) is 2.15. The molecule has 2 aromatic rings. The van der Waals surface area contributed by atoms with Gasteiger partial charge in [-0.1, -0.05) is 0 Å². The molecule has 0 radical (unpaired) electrons. The van der Waals surface area contributed by atoms with Crippen molar-refractivity contribution in [2.45, 2.75) is 33.4 Å². The van der Waals surface area contributed by atoms with E-state index >= 15 is 0 Å². The van der Waals surface area contributed by atoms with Crippen molar-refractivity contribution in [1.29, 1.82) is 0 Å². The van der Waals surface area contributed by atoms with E-state index in [4.69, 9.17) is 4.42 Å². The molecule has 1 aromatic heterocycles. The molecule has 0 amide bonds. The van der Waals surface area contributed by atoms with Crippen molar-refractivity contribution >= 4 is 0 Å². The number of hydrogen-bond donors (Lipinski definition) is 2. The summed E-state index contributed by atoms with van der Waals surface area (Å²) >= 11 is 0. The Balaban J connectivity index is 2.06. The van der Waals surface area contributed by atoms with E-state index < -0.39 is 0 Å². The van der Waals surface area contributed by atoms with E-state index in [2.05, 4.69) is 5.32 Å².